The number of benzene rings is 1. The van der Waals surface area contributed by atoms with Crippen molar-refractivity contribution in [2.45, 2.75) is 13.2 Å². The van der Waals surface area contributed by atoms with Crippen LogP contribution in [0.1, 0.15) is 11.4 Å². The number of rotatable bonds is 6. The molecular weight excluding hydrogens is 275 g/mol. The van der Waals surface area contributed by atoms with Crippen molar-refractivity contribution >= 4 is 11.6 Å². The van der Waals surface area contributed by atoms with E-state index in [1.807, 2.05) is 12.1 Å². The highest BCUT2D eigenvalue weighted by Crippen LogP contribution is 2.25. The maximum Gasteiger partial charge on any atom is 0.164 e. The molecule has 1 heterocycles. The van der Waals surface area contributed by atoms with E-state index in [0.29, 0.717) is 23.9 Å². The molecule has 0 unspecified atom stereocenters. The topological polar surface area (TPSA) is 82.3 Å². The van der Waals surface area contributed by atoms with E-state index in [4.69, 9.17) is 15.2 Å². The molecule has 0 saturated heterocycles. The predicted octanol–water partition coefficient (Wildman–Crippen LogP) is 2.16. The second-order valence-corrected chi connectivity index (χ2v) is 4.26. The number of aromatic nitrogens is 2. The van der Waals surface area contributed by atoms with E-state index in [1.165, 1.54) is 0 Å². The van der Waals surface area contributed by atoms with Gasteiger partial charge in [0.15, 0.2) is 5.82 Å². The largest absolute Gasteiger partial charge is 0.497 e. The molecule has 0 fully saturated rings. The Bertz CT molecular complexity index is 622. The summed E-state index contributed by atoms with van der Waals surface area (Å²) in [5, 5.41) is 3.07. The molecule has 0 aliphatic carbocycles. The number of anilines is 2. The van der Waals surface area contributed by atoms with Gasteiger partial charge in [0.2, 0.25) is 0 Å². The maximum atomic E-state index is 12.6. The van der Waals surface area contributed by atoms with Gasteiger partial charge in [-0.2, -0.15) is 0 Å². The Kier molecular flexibility index (Phi) is 4.76. The van der Waals surface area contributed by atoms with E-state index in [0.717, 1.165) is 5.56 Å². The molecule has 0 aliphatic heterocycles. The number of methoxy groups -OCH3 is 2. The van der Waals surface area contributed by atoms with Crippen LogP contribution in [0.5, 0.6) is 11.5 Å². The summed E-state index contributed by atoms with van der Waals surface area (Å²) in [5.41, 5.74) is 6.51. The highest BCUT2D eigenvalue weighted by Gasteiger charge is 2.07. The van der Waals surface area contributed by atoms with Crippen LogP contribution in [0.3, 0.4) is 0 Å². The van der Waals surface area contributed by atoms with Crippen LogP contribution in [-0.2, 0) is 13.2 Å². The second-order valence-electron chi connectivity index (χ2n) is 4.26. The van der Waals surface area contributed by atoms with Gasteiger partial charge in [-0.25, -0.2) is 14.4 Å². The Morgan fingerprint density at radius 3 is 2.67 bits per heavy atom. The molecular formula is C14H17FN4O2. The molecule has 0 aliphatic rings. The fourth-order valence-electron chi connectivity index (χ4n) is 1.85. The van der Waals surface area contributed by atoms with Crippen molar-refractivity contribution in [3.05, 3.63) is 35.7 Å². The molecule has 6 nitrogen and oxygen atoms in total. The van der Waals surface area contributed by atoms with Crippen molar-refractivity contribution in [2.75, 3.05) is 25.3 Å². The first-order valence-electron chi connectivity index (χ1n) is 6.30. The van der Waals surface area contributed by atoms with Crippen LogP contribution in [0.4, 0.5) is 16.0 Å². The molecule has 0 atom stereocenters. The van der Waals surface area contributed by atoms with E-state index >= 15 is 0 Å². The van der Waals surface area contributed by atoms with Gasteiger partial charge in [0.05, 0.1) is 14.2 Å². The Labute approximate surface area is 122 Å². The molecule has 0 bridgehead atoms. The number of hydrogen-bond acceptors (Lipinski definition) is 6. The molecule has 21 heavy (non-hydrogen) atoms. The Morgan fingerprint density at radius 1 is 1.19 bits per heavy atom. The smallest absolute Gasteiger partial charge is 0.164 e. The van der Waals surface area contributed by atoms with Crippen LogP contribution in [-0.4, -0.2) is 24.2 Å². The van der Waals surface area contributed by atoms with Gasteiger partial charge < -0.3 is 20.5 Å². The number of hydrogen-bond donors (Lipinski definition) is 2. The van der Waals surface area contributed by atoms with E-state index in [9.17, 15) is 4.39 Å². The second kappa shape index (κ2) is 6.74. The first-order chi connectivity index (χ1) is 10.2. The average Bonchev–Trinajstić information content (AvgIpc) is 2.52. The number of alkyl halides is 1. The molecule has 2 aromatic rings. The van der Waals surface area contributed by atoms with Gasteiger partial charge in [0.1, 0.15) is 29.8 Å². The normalized spacial score (nSPS) is 10.2. The predicted molar refractivity (Wildman–Crippen MR) is 78.1 cm³/mol. The third-order valence-corrected chi connectivity index (χ3v) is 2.87. The van der Waals surface area contributed by atoms with Crippen molar-refractivity contribution < 1.29 is 13.9 Å². The van der Waals surface area contributed by atoms with E-state index < -0.39 is 6.67 Å². The monoisotopic (exact) mass is 292 g/mol. The summed E-state index contributed by atoms with van der Waals surface area (Å²) in [6, 6.07) is 7.06. The van der Waals surface area contributed by atoms with E-state index in [2.05, 4.69) is 15.3 Å². The fraction of sp³-hybridized carbons (Fsp3) is 0.286. The molecule has 0 amide bonds. The van der Waals surface area contributed by atoms with Gasteiger partial charge in [-0.3, -0.25) is 0 Å². The summed E-state index contributed by atoms with van der Waals surface area (Å²) in [5.74, 6) is 2.14. The minimum Gasteiger partial charge on any atom is -0.497 e. The molecule has 3 N–H and O–H groups in total. The van der Waals surface area contributed by atoms with Gasteiger partial charge in [-0.05, 0) is 12.1 Å². The number of nitrogens with two attached hydrogens (primary N) is 1. The zero-order valence-corrected chi connectivity index (χ0v) is 11.9. The number of nitrogens with zero attached hydrogens (tertiary/aromatic N) is 2. The lowest BCUT2D eigenvalue weighted by atomic mass is 10.2. The van der Waals surface area contributed by atoms with E-state index in [-0.39, 0.29) is 11.6 Å². The first-order valence-corrected chi connectivity index (χ1v) is 6.30. The van der Waals surface area contributed by atoms with Crippen LogP contribution in [0.15, 0.2) is 24.3 Å². The number of ether oxygens (including phenoxy) is 2. The van der Waals surface area contributed by atoms with Gasteiger partial charge in [-0.15, -0.1) is 0 Å². The van der Waals surface area contributed by atoms with Crippen molar-refractivity contribution in [3.8, 4) is 11.5 Å². The summed E-state index contributed by atoms with van der Waals surface area (Å²) >= 11 is 0. The van der Waals surface area contributed by atoms with Crippen molar-refractivity contribution in [3.63, 3.8) is 0 Å². The maximum absolute atomic E-state index is 12.6. The summed E-state index contributed by atoms with van der Waals surface area (Å²) in [6.45, 7) is -0.305. The molecule has 2 rings (SSSR count). The van der Waals surface area contributed by atoms with Gasteiger partial charge in [0.25, 0.3) is 0 Å². The zero-order chi connectivity index (χ0) is 15.2. The highest BCUT2D eigenvalue weighted by atomic mass is 19.1. The van der Waals surface area contributed by atoms with Crippen molar-refractivity contribution in [2.24, 2.45) is 0 Å². The fourth-order valence-corrected chi connectivity index (χ4v) is 1.85. The molecule has 1 aromatic carbocycles. The Morgan fingerprint density at radius 2 is 2.00 bits per heavy atom. The lowest BCUT2D eigenvalue weighted by Gasteiger charge is -2.12. The SMILES string of the molecule is COc1ccc(CNc2cc(N)nc(CF)n2)c(OC)c1. The minimum absolute atomic E-state index is 0.0548. The molecule has 0 radical (unpaired) electrons. The molecule has 0 spiro atoms. The van der Waals surface area contributed by atoms with Crippen LogP contribution >= 0.6 is 0 Å². The van der Waals surface area contributed by atoms with E-state index in [1.54, 1.807) is 26.4 Å². The highest BCUT2D eigenvalue weighted by molar-refractivity contribution is 5.47. The molecule has 112 valence electrons. The molecule has 7 heteroatoms. The third-order valence-electron chi connectivity index (χ3n) is 2.87. The van der Waals surface area contributed by atoms with Gasteiger partial charge in [0, 0.05) is 24.2 Å². The lowest BCUT2D eigenvalue weighted by molar-refractivity contribution is 0.391. The third kappa shape index (κ3) is 3.71. The van der Waals surface area contributed by atoms with Crippen LogP contribution < -0.4 is 20.5 Å². The van der Waals surface area contributed by atoms with Crippen LogP contribution in [0, 0.1) is 0 Å². The van der Waals surface area contributed by atoms with Crippen LogP contribution in [0.2, 0.25) is 0 Å². The number of nitrogens with one attached hydrogen (secondary N) is 1. The molecule has 1 aromatic heterocycles. The number of nitrogen functional groups attached to an aromatic ring is 1. The van der Waals surface area contributed by atoms with Crippen LogP contribution in [0.25, 0.3) is 0 Å². The summed E-state index contributed by atoms with van der Waals surface area (Å²) in [7, 11) is 3.18. The molecule has 0 saturated carbocycles. The number of halogens is 1. The average molecular weight is 292 g/mol. The van der Waals surface area contributed by atoms with Gasteiger partial charge in [-0.1, -0.05) is 0 Å². The first kappa shape index (κ1) is 14.8. The Hall–Kier alpha value is -2.57. The summed E-state index contributed by atoms with van der Waals surface area (Å²) in [6.07, 6.45) is 0. The van der Waals surface area contributed by atoms with Gasteiger partial charge >= 0.3 is 0 Å². The minimum atomic E-state index is -0.758. The lowest BCUT2D eigenvalue weighted by Crippen LogP contribution is -2.07. The van der Waals surface area contributed by atoms with Crippen molar-refractivity contribution in [1.82, 2.24) is 9.97 Å². The standard InChI is InChI=1S/C14H17FN4O2/c1-20-10-4-3-9(11(5-10)21-2)8-17-13-6-12(16)18-14(7-15)19-13/h3-6H,7-8H2,1-2H3,(H3,16,17,18,19). The summed E-state index contributed by atoms with van der Waals surface area (Å²) in [4.78, 5) is 7.79. The Balaban J connectivity index is 2.14. The zero-order valence-electron chi connectivity index (χ0n) is 11.9. The van der Waals surface area contributed by atoms with Crippen molar-refractivity contribution in [1.29, 1.82) is 0 Å². The summed E-state index contributed by atoms with van der Waals surface area (Å²) < 4.78 is 23.1. The quantitative estimate of drug-likeness (QED) is 0.849.